The van der Waals surface area contributed by atoms with Gasteiger partial charge in [0.1, 0.15) is 17.2 Å². The molecule has 0 aliphatic carbocycles. The zero-order valence-corrected chi connectivity index (χ0v) is 14.3. The van der Waals surface area contributed by atoms with Crippen LogP contribution < -0.4 is 19.5 Å². The van der Waals surface area contributed by atoms with Crippen molar-refractivity contribution < 1.29 is 37.3 Å². The molecule has 2 rings (SSSR count). The summed E-state index contributed by atoms with van der Waals surface area (Å²) in [6.45, 7) is -3.80. The number of amides is 1. The van der Waals surface area contributed by atoms with Crippen LogP contribution in [0.3, 0.4) is 0 Å². The number of esters is 1. The summed E-state index contributed by atoms with van der Waals surface area (Å²) in [4.78, 5) is 23.3. The minimum atomic E-state index is -2.93. The molecule has 144 valence electrons. The minimum absolute atomic E-state index is 0.0369. The van der Waals surface area contributed by atoms with E-state index in [2.05, 4.69) is 10.1 Å². The number of alkyl halides is 2. The summed E-state index contributed by atoms with van der Waals surface area (Å²) in [5.41, 5.74) is 0.340. The zero-order chi connectivity index (χ0) is 19.6. The van der Waals surface area contributed by atoms with Crippen LogP contribution in [0.1, 0.15) is 0 Å². The van der Waals surface area contributed by atoms with E-state index in [0.717, 1.165) is 0 Å². The lowest BCUT2D eigenvalue weighted by atomic mass is 10.3. The fourth-order valence-corrected chi connectivity index (χ4v) is 1.92. The second-order valence-corrected chi connectivity index (χ2v) is 5.08. The fraction of sp³-hybridized carbons (Fsp3) is 0.222. The quantitative estimate of drug-likeness (QED) is 0.673. The van der Waals surface area contributed by atoms with Crippen molar-refractivity contribution in [2.24, 2.45) is 0 Å². The van der Waals surface area contributed by atoms with E-state index in [1.807, 2.05) is 0 Å². The van der Waals surface area contributed by atoms with Crippen molar-refractivity contribution in [3.05, 3.63) is 48.5 Å². The molecule has 0 atom stereocenters. The highest BCUT2D eigenvalue weighted by Gasteiger charge is 2.10. The van der Waals surface area contributed by atoms with E-state index in [0.29, 0.717) is 17.2 Å². The Kier molecular flexibility index (Phi) is 7.36. The van der Waals surface area contributed by atoms with Gasteiger partial charge in [-0.25, -0.2) is 4.79 Å². The number of carbonyl (C=O) groups is 2. The van der Waals surface area contributed by atoms with Crippen LogP contribution >= 0.6 is 0 Å². The molecule has 1 N–H and O–H groups in total. The molecule has 0 fully saturated rings. The Morgan fingerprint density at radius 2 is 1.52 bits per heavy atom. The van der Waals surface area contributed by atoms with Gasteiger partial charge in [-0.15, -0.1) is 0 Å². The molecule has 0 aliphatic rings. The van der Waals surface area contributed by atoms with Gasteiger partial charge in [0, 0.05) is 5.69 Å². The standard InChI is InChI=1S/C18H17F2NO6/c1-24-13-6-8-14(9-7-13)25-11-17(23)26-10-16(22)21-12-2-4-15(5-3-12)27-18(19)20/h2-9,18H,10-11H2,1H3,(H,21,22). The lowest BCUT2D eigenvalue weighted by Crippen LogP contribution is -2.23. The Hall–Kier alpha value is -3.36. The Balaban J connectivity index is 1.70. The zero-order valence-electron chi connectivity index (χ0n) is 14.3. The molecule has 0 aliphatic heterocycles. The van der Waals surface area contributed by atoms with Crippen LogP contribution in [0.2, 0.25) is 0 Å². The Labute approximate surface area is 153 Å². The average Bonchev–Trinajstić information content (AvgIpc) is 2.66. The molecule has 7 nitrogen and oxygen atoms in total. The third kappa shape index (κ3) is 7.18. The van der Waals surface area contributed by atoms with Gasteiger partial charge >= 0.3 is 12.6 Å². The third-order valence-corrected chi connectivity index (χ3v) is 3.14. The third-order valence-electron chi connectivity index (χ3n) is 3.14. The van der Waals surface area contributed by atoms with Crippen molar-refractivity contribution in [2.45, 2.75) is 6.61 Å². The van der Waals surface area contributed by atoms with Crippen LogP contribution in [0.5, 0.6) is 17.2 Å². The minimum Gasteiger partial charge on any atom is -0.497 e. The first-order valence-corrected chi connectivity index (χ1v) is 7.73. The molecule has 0 radical (unpaired) electrons. The lowest BCUT2D eigenvalue weighted by Gasteiger charge is -2.09. The van der Waals surface area contributed by atoms with E-state index in [4.69, 9.17) is 14.2 Å². The first-order valence-electron chi connectivity index (χ1n) is 7.73. The second kappa shape index (κ2) is 9.95. The molecule has 0 unspecified atom stereocenters. The number of anilines is 1. The van der Waals surface area contributed by atoms with Crippen molar-refractivity contribution in [2.75, 3.05) is 25.6 Å². The average molecular weight is 381 g/mol. The number of ether oxygens (including phenoxy) is 4. The van der Waals surface area contributed by atoms with Gasteiger partial charge in [-0.2, -0.15) is 8.78 Å². The highest BCUT2D eigenvalue weighted by Crippen LogP contribution is 2.18. The number of benzene rings is 2. The summed E-state index contributed by atoms with van der Waals surface area (Å²) in [5.74, 6) is -0.249. The van der Waals surface area contributed by atoms with Crippen LogP contribution in [0.25, 0.3) is 0 Å². The highest BCUT2D eigenvalue weighted by molar-refractivity contribution is 5.92. The van der Waals surface area contributed by atoms with E-state index in [1.165, 1.54) is 31.4 Å². The van der Waals surface area contributed by atoms with E-state index in [1.54, 1.807) is 24.3 Å². The van der Waals surface area contributed by atoms with E-state index < -0.39 is 25.1 Å². The molecule has 27 heavy (non-hydrogen) atoms. The van der Waals surface area contributed by atoms with Crippen LogP contribution in [0.4, 0.5) is 14.5 Å². The number of hydrogen-bond acceptors (Lipinski definition) is 6. The van der Waals surface area contributed by atoms with E-state index in [-0.39, 0.29) is 12.4 Å². The normalized spacial score (nSPS) is 10.2. The smallest absolute Gasteiger partial charge is 0.387 e. The Morgan fingerprint density at radius 3 is 2.11 bits per heavy atom. The van der Waals surface area contributed by atoms with E-state index >= 15 is 0 Å². The van der Waals surface area contributed by atoms with Crippen molar-refractivity contribution >= 4 is 17.6 Å². The lowest BCUT2D eigenvalue weighted by molar-refractivity contribution is -0.149. The maximum Gasteiger partial charge on any atom is 0.387 e. The molecule has 1 amide bonds. The van der Waals surface area contributed by atoms with Gasteiger partial charge in [-0.1, -0.05) is 0 Å². The Morgan fingerprint density at radius 1 is 0.926 bits per heavy atom. The molecule has 2 aromatic carbocycles. The molecule has 0 saturated heterocycles. The molecule has 2 aromatic rings. The van der Waals surface area contributed by atoms with Crippen molar-refractivity contribution in [1.29, 1.82) is 0 Å². The highest BCUT2D eigenvalue weighted by atomic mass is 19.3. The maximum absolute atomic E-state index is 12.1. The number of halogens is 2. The molecule has 0 heterocycles. The molecular weight excluding hydrogens is 364 g/mol. The van der Waals surface area contributed by atoms with Crippen LogP contribution in [-0.2, 0) is 14.3 Å². The summed E-state index contributed by atoms with van der Waals surface area (Å²) in [6.07, 6.45) is 0. The molecule has 0 spiro atoms. The van der Waals surface area contributed by atoms with Crippen LogP contribution in [-0.4, -0.2) is 38.8 Å². The largest absolute Gasteiger partial charge is 0.497 e. The van der Waals surface area contributed by atoms with Gasteiger partial charge in [0.25, 0.3) is 5.91 Å². The summed E-state index contributed by atoms with van der Waals surface area (Å²) < 4.78 is 43.3. The van der Waals surface area contributed by atoms with Gasteiger partial charge in [0.15, 0.2) is 13.2 Å². The number of nitrogens with one attached hydrogen (secondary N) is 1. The van der Waals surface area contributed by atoms with Crippen molar-refractivity contribution in [3.8, 4) is 17.2 Å². The topological polar surface area (TPSA) is 83.1 Å². The predicted molar refractivity (Wildman–Crippen MR) is 91.2 cm³/mol. The molecule has 9 heteroatoms. The van der Waals surface area contributed by atoms with Gasteiger partial charge in [-0.3, -0.25) is 4.79 Å². The van der Waals surface area contributed by atoms with Crippen molar-refractivity contribution in [1.82, 2.24) is 0 Å². The first kappa shape index (κ1) is 20.0. The summed E-state index contributed by atoms with van der Waals surface area (Å²) in [7, 11) is 1.53. The Bertz CT molecular complexity index is 749. The summed E-state index contributed by atoms with van der Waals surface area (Å²) in [6, 6.07) is 11.9. The first-order chi connectivity index (χ1) is 13.0. The van der Waals surface area contributed by atoms with Gasteiger partial charge in [0.2, 0.25) is 0 Å². The van der Waals surface area contributed by atoms with Gasteiger partial charge in [0.05, 0.1) is 7.11 Å². The van der Waals surface area contributed by atoms with Crippen LogP contribution in [0, 0.1) is 0 Å². The summed E-state index contributed by atoms with van der Waals surface area (Å²) in [5, 5.41) is 2.45. The number of carbonyl (C=O) groups excluding carboxylic acids is 2. The number of rotatable bonds is 9. The molecule has 0 aromatic heterocycles. The predicted octanol–water partition coefficient (Wildman–Crippen LogP) is 2.86. The van der Waals surface area contributed by atoms with Gasteiger partial charge < -0.3 is 24.3 Å². The van der Waals surface area contributed by atoms with Gasteiger partial charge in [-0.05, 0) is 48.5 Å². The second-order valence-electron chi connectivity index (χ2n) is 5.08. The number of methoxy groups -OCH3 is 1. The van der Waals surface area contributed by atoms with Crippen LogP contribution in [0.15, 0.2) is 48.5 Å². The van der Waals surface area contributed by atoms with E-state index in [9.17, 15) is 18.4 Å². The maximum atomic E-state index is 12.1. The molecule has 0 bridgehead atoms. The molecular formula is C18H17F2NO6. The SMILES string of the molecule is COc1ccc(OCC(=O)OCC(=O)Nc2ccc(OC(F)F)cc2)cc1. The monoisotopic (exact) mass is 381 g/mol. The fourth-order valence-electron chi connectivity index (χ4n) is 1.92. The van der Waals surface area contributed by atoms with Crippen molar-refractivity contribution in [3.63, 3.8) is 0 Å². The summed E-state index contributed by atoms with van der Waals surface area (Å²) >= 11 is 0. The molecule has 0 saturated carbocycles. The number of hydrogen-bond donors (Lipinski definition) is 1.